The third kappa shape index (κ3) is 3.13. The van der Waals surface area contributed by atoms with E-state index in [9.17, 15) is 4.79 Å². The summed E-state index contributed by atoms with van der Waals surface area (Å²) >= 11 is 0. The molecule has 2 atom stereocenters. The number of rotatable bonds is 5. The van der Waals surface area contributed by atoms with Gasteiger partial charge in [-0.05, 0) is 50.2 Å². The van der Waals surface area contributed by atoms with Crippen LogP contribution in [-0.4, -0.2) is 44.7 Å². The van der Waals surface area contributed by atoms with Crippen LogP contribution in [-0.2, 0) is 14.9 Å². The molecule has 3 rings (SSSR count). The number of likely N-dealkylation sites (N-methyl/N-ethyl adjacent to an activating group) is 1. The van der Waals surface area contributed by atoms with Gasteiger partial charge in [0.2, 0.25) is 0 Å². The van der Waals surface area contributed by atoms with Gasteiger partial charge < -0.3 is 14.2 Å². The van der Waals surface area contributed by atoms with Gasteiger partial charge in [-0.15, -0.1) is 0 Å². The summed E-state index contributed by atoms with van der Waals surface area (Å²) in [6, 6.07) is 6.44. The van der Waals surface area contributed by atoms with Crippen molar-refractivity contribution in [2.24, 2.45) is 0 Å². The Morgan fingerprint density at radius 1 is 1.24 bits per heavy atom. The average Bonchev–Trinajstić information content (AvgIpc) is 2.98. The molecule has 0 aromatic heterocycles. The van der Waals surface area contributed by atoms with Crippen molar-refractivity contribution >= 4 is 5.97 Å². The third-order valence-corrected chi connectivity index (χ3v) is 5.60. The Morgan fingerprint density at radius 2 is 2.00 bits per heavy atom. The molecule has 1 aliphatic carbocycles. The highest BCUT2D eigenvalue weighted by molar-refractivity contribution is 5.70. The quantitative estimate of drug-likeness (QED) is 0.767. The molecule has 136 valence electrons. The molecule has 25 heavy (non-hydrogen) atoms. The van der Waals surface area contributed by atoms with Gasteiger partial charge in [0, 0.05) is 24.3 Å². The first kappa shape index (κ1) is 17.8. The first-order valence-corrected chi connectivity index (χ1v) is 8.88. The third-order valence-electron chi connectivity index (χ3n) is 5.60. The Labute approximate surface area is 149 Å². The molecule has 5 nitrogen and oxygen atoms in total. The van der Waals surface area contributed by atoms with Gasteiger partial charge in [-0.3, -0.25) is 9.69 Å². The summed E-state index contributed by atoms with van der Waals surface area (Å²) in [4.78, 5) is 14.0. The van der Waals surface area contributed by atoms with Crippen molar-refractivity contribution in [2.75, 3.05) is 27.8 Å². The Balaban J connectivity index is 1.96. The minimum atomic E-state index is -0.162. The van der Waals surface area contributed by atoms with Crippen LogP contribution in [0.15, 0.2) is 30.0 Å². The topological polar surface area (TPSA) is 48.0 Å². The van der Waals surface area contributed by atoms with Crippen LogP contribution in [0.2, 0.25) is 0 Å². The number of fused-ring (bicyclic) bond motifs is 1. The van der Waals surface area contributed by atoms with Gasteiger partial charge >= 0.3 is 5.97 Å². The number of hydrogen-bond donors (Lipinski definition) is 0. The second-order valence-corrected chi connectivity index (χ2v) is 6.86. The van der Waals surface area contributed by atoms with Crippen LogP contribution >= 0.6 is 0 Å². The first-order chi connectivity index (χ1) is 12.0. The molecule has 0 saturated carbocycles. The maximum Gasteiger partial charge on any atom is 0.310 e. The second kappa shape index (κ2) is 7.08. The number of ether oxygens (including phenoxy) is 3. The van der Waals surface area contributed by atoms with Gasteiger partial charge in [0.1, 0.15) is 5.76 Å². The zero-order valence-corrected chi connectivity index (χ0v) is 15.5. The zero-order valence-electron chi connectivity index (χ0n) is 15.5. The van der Waals surface area contributed by atoms with Gasteiger partial charge in [-0.25, -0.2) is 0 Å². The Kier molecular flexibility index (Phi) is 5.04. The fraction of sp³-hybridized carbons (Fsp3) is 0.550. The molecule has 0 amide bonds. The van der Waals surface area contributed by atoms with Crippen LogP contribution in [0.1, 0.15) is 38.2 Å². The molecule has 5 heteroatoms. The standard InChI is InChI=1S/C20H27NO4/c1-5-19(22)25-15-8-9-20(10-11-21(2)18(20)13-15)14-6-7-16(23-3)17(12-14)24-4/h6-7,12-13,18H,5,8-11H2,1-4H3/t18-,20?/m0/s1. The average molecular weight is 345 g/mol. The number of methoxy groups -OCH3 is 2. The number of likely N-dealkylation sites (tertiary alicyclic amines) is 1. The molecule has 1 unspecified atom stereocenters. The lowest BCUT2D eigenvalue weighted by Gasteiger charge is -2.40. The zero-order chi connectivity index (χ0) is 18.0. The summed E-state index contributed by atoms with van der Waals surface area (Å²) in [5, 5.41) is 0. The second-order valence-electron chi connectivity index (χ2n) is 6.86. The Bertz CT molecular complexity index is 684. The highest BCUT2D eigenvalue weighted by Crippen LogP contribution is 2.49. The monoisotopic (exact) mass is 345 g/mol. The predicted octanol–water partition coefficient (Wildman–Crippen LogP) is 3.28. The van der Waals surface area contributed by atoms with Crippen LogP contribution in [0, 0.1) is 0 Å². The maximum atomic E-state index is 11.7. The molecule has 1 aromatic carbocycles. The summed E-state index contributed by atoms with van der Waals surface area (Å²) in [6.07, 6.45) is 5.36. The van der Waals surface area contributed by atoms with Crippen LogP contribution in [0.25, 0.3) is 0 Å². The van der Waals surface area contributed by atoms with Gasteiger partial charge in [-0.1, -0.05) is 13.0 Å². The van der Waals surface area contributed by atoms with Crippen molar-refractivity contribution in [3.63, 3.8) is 0 Å². The van der Waals surface area contributed by atoms with E-state index in [2.05, 4.69) is 30.2 Å². The highest BCUT2D eigenvalue weighted by Gasteiger charge is 2.48. The fourth-order valence-electron chi connectivity index (χ4n) is 4.16. The number of carbonyl (C=O) groups is 1. The van der Waals surface area contributed by atoms with Crippen LogP contribution in [0.4, 0.5) is 0 Å². The number of esters is 1. The first-order valence-electron chi connectivity index (χ1n) is 8.88. The van der Waals surface area contributed by atoms with Crippen LogP contribution < -0.4 is 9.47 Å². The molecule has 0 spiro atoms. The Hall–Kier alpha value is -2.01. The number of nitrogens with zero attached hydrogens (tertiary/aromatic N) is 1. The van der Waals surface area contributed by atoms with Crippen LogP contribution in [0.3, 0.4) is 0 Å². The highest BCUT2D eigenvalue weighted by atomic mass is 16.5. The summed E-state index contributed by atoms with van der Waals surface area (Å²) in [7, 11) is 5.45. The molecule has 1 aromatic rings. The molecule has 0 radical (unpaired) electrons. The lowest BCUT2D eigenvalue weighted by atomic mass is 9.68. The predicted molar refractivity (Wildman–Crippen MR) is 96.0 cm³/mol. The molecule has 1 saturated heterocycles. The van der Waals surface area contributed by atoms with E-state index in [1.807, 2.05) is 13.0 Å². The van der Waals surface area contributed by atoms with Crippen molar-refractivity contribution in [1.82, 2.24) is 4.90 Å². The number of benzene rings is 1. The summed E-state index contributed by atoms with van der Waals surface area (Å²) < 4.78 is 16.4. The van der Waals surface area contributed by atoms with Gasteiger partial charge in [0.25, 0.3) is 0 Å². The van der Waals surface area contributed by atoms with E-state index in [-0.39, 0.29) is 17.4 Å². The van der Waals surface area contributed by atoms with E-state index in [4.69, 9.17) is 14.2 Å². The fourth-order valence-corrected chi connectivity index (χ4v) is 4.16. The minimum absolute atomic E-state index is 0.0242. The molecule has 0 N–H and O–H groups in total. The van der Waals surface area contributed by atoms with E-state index in [0.717, 1.165) is 43.1 Å². The number of allylic oxidation sites excluding steroid dienone is 1. The van der Waals surface area contributed by atoms with E-state index in [1.165, 1.54) is 5.56 Å². The molecular weight excluding hydrogens is 318 g/mol. The SMILES string of the molecule is CCC(=O)OC1=C[C@@H]2N(C)CCC2(c2ccc(OC)c(OC)c2)CC1. The molecule has 0 bridgehead atoms. The van der Waals surface area contributed by atoms with Gasteiger partial charge in [-0.2, -0.15) is 0 Å². The van der Waals surface area contributed by atoms with Crippen molar-refractivity contribution in [1.29, 1.82) is 0 Å². The summed E-state index contributed by atoms with van der Waals surface area (Å²) in [6.45, 7) is 2.84. The van der Waals surface area contributed by atoms with Crippen molar-refractivity contribution in [2.45, 2.75) is 44.1 Å². The van der Waals surface area contributed by atoms with Crippen molar-refractivity contribution < 1.29 is 19.0 Å². The Morgan fingerprint density at radius 3 is 2.68 bits per heavy atom. The number of hydrogen-bond acceptors (Lipinski definition) is 5. The van der Waals surface area contributed by atoms with E-state index >= 15 is 0 Å². The van der Waals surface area contributed by atoms with Gasteiger partial charge in [0.15, 0.2) is 11.5 Å². The summed E-state index contributed by atoms with van der Waals surface area (Å²) in [5.74, 6) is 2.15. The van der Waals surface area contributed by atoms with Crippen LogP contribution in [0.5, 0.6) is 11.5 Å². The van der Waals surface area contributed by atoms with Gasteiger partial charge in [0.05, 0.1) is 14.2 Å². The largest absolute Gasteiger partial charge is 0.493 e. The maximum absolute atomic E-state index is 11.7. The molecule has 1 fully saturated rings. The molecule has 2 aliphatic rings. The normalized spacial score (nSPS) is 25.9. The van der Waals surface area contributed by atoms with E-state index in [0.29, 0.717) is 6.42 Å². The van der Waals surface area contributed by atoms with Crippen molar-refractivity contribution in [3.8, 4) is 11.5 Å². The smallest absolute Gasteiger partial charge is 0.310 e. The van der Waals surface area contributed by atoms with E-state index < -0.39 is 0 Å². The van der Waals surface area contributed by atoms with E-state index in [1.54, 1.807) is 14.2 Å². The van der Waals surface area contributed by atoms with Crippen molar-refractivity contribution in [3.05, 3.63) is 35.6 Å². The minimum Gasteiger partial charge on any atom is -0.493 e. The molecular formula is C20H27NO4. The lowest BCUT2D eigenvalue weighted by molar-refractivity contribution is -0.139. The number of carbonyl (C=O) groups excluding carboxylic acids is 1. The summed E-state index contributed by atoms with van der Waals surface area (Å²) in [5.41, 5.74) is 1.28. The molecule has 1 heterocycles. The lowest BCUT2D eigenvalue weighted by Crippen LogP contribution is -2.42. The molecule has 1 aliphatic heterocycles.